The number of halogens is 18. The molecule has 0 amide bonds. The minimum absolute atomic E-state index is 0. The maximum atomic E-state index is 9.93. The van der Waals surface area contributed by atoms with Gasteiger partial charge in [-0.3, -0.25) is 0 Å². The molecule has 0 saturated carbocycles. The monoisotopic (exact) mass is 812 g/mol. The van der Waals surface area contributed by atoms with Gasteiger partial charge in [-0.05, 0) is 0 Å². The van der Waals surface area contributed by atoms with Crippen molar-refractivity contribution in [1.29, 1.82) is 0 Å². The molecule has 0 aliphatic rings. The van der Waals surface area contributed by atoms with Gasteiger partial charge in [-0.1, -0.05) is 0 Å². The number of rotatable bonds is 0. The van der Waals surface area contributed by atoms with Crippen LogP contribution >= 0.6 is 0 Å². The summed E-state index contributed by atoms with van der Waals surface area (Å²) in [5.74, 6) is 0. The summed E-state index contributed by atoms with van der Waals surface area (Å²) in [7, 11) is 0. The van der Waals surface area contributed by atoms with E-state index in [4.69, 9.17) is 0 Å². The molecule has 0 nitrogen and oxygen atoms in total. The minimum atomic E-state index is -11.2. The first-order valence-electron chi connectivity index (χ1n) is 3.04. The fourth-order valence-corrected chi connectivity index (χ4v) is 0. The Kier molecular flexibility index (Phi) is 7.21. The Labute approximate surface area is 130 Å². The van der Waals surface area contributed by atoms with Gasteiger partial charge in [0.25, 0.3) is 0 Å². The van der Waals surface area contributed by atoms with Crippen LogP contribution in [0.15, 0.2) is 0 Å². The molecule has 22 heavy (non-hydrogen) atoms. The molecule has 0 unspecified atom stereocenters. The van der Waals surface area contributed by atoms with Crippen LogP contribution < -0.4 is 0 Å². The molecule has 0 N–H and O–H groups in total. The van der Waals surface area contributed by atoms with Crippen LogP contribution in [0.2, 0.25) is 0 Å². The summed E-state index contributed by atoms with van der Waals surface area (Å²) in [4.78, 5) is 0. The molecule has 0 fully saturated rings. The van der Waals surface area contributed by atoms with Gasteiger partial charge < -0.3 is 0 Å². The fourth-order valence-electron chi connectivity index (χ4n) is 0. The van der Waals surface area contributed by atoms with Crippen LogP contribution in [0.5, 0.6) is 0 Å². The van der Waals surface area contributed by atoms with Crippen molar-refractivity contribution in [2.75, 3.05) is 0 Å². The van der Waals surface area contributed by atoms with Gasteiger partial charge in [0, 0.05) is 0 Å². The second-order valence-electron chi connectivity index (χ2n) is 2.87. The van der Waals surface area contributed by atoms with E-state index in [1.165, 1.54) is 0 Å². The van der Waals surface area contributed by atoms with Gasteiger partial charge in [0.1, 0.15) is 0 Å². The zero-order valence-corrected chi connectivity index (χ0v) is 17.6. The van der Waals surface area contributed by atoms with E-state index in [-0.39, 0.29) is 22.4 Å². The van der Waals surface area contributed by atoms with Crippen molar-refractivity contribution in [3.8, 4) is 0 Å². The normalized spacial score (nSPS) is 22.1. The summed E-state index contributed by atoms with van der Waals surface area (Å²) >= 11 is -33.8. The van der Waals surface area contributed by atoms with Crippen molar-refractivity contribution in [2.45, 2.75) is 0 Å². The third-order valence-electron chi connectivity index (χ3n) is 0. The Morgan fingerprint density at radius 2 is 0.227 bits per heavy atom. The van der Waals surface area contributed by atoms with Crippen LogP contribution in [0.1, 0.15) is 0 Å². The predicted molar refractivity (Wildman–Crippen MR) is 37.2 cm³/mol. The van der Waals surface area contributed by atoms with E-state index in [1.807, 2.05) is 0 Å². The third-order valence-corrected chi connectivity index (χ3v) is 0. The second kappa shape index (κ2) is 5.01. The van der Waals surface area contributed by atoms with Gasteiger partial charge in [0.05, 0.1) is 0 Å². The maximum absolute atomic E-state index is 11.2. The molecule has 0 heterocycles. The molecule has 0 aliphatic carbocycles. The Morgan fingerprint density at radius 3 is 0.227 bits per heavy atom. The Hall–Kier alpha value is 1.93. The number of hydrogen-bond donors (Lipinski definition) is 0. The van der Waals surface area contributed by atoms with Crippen LogP contribution in [0.3, 0.4) is 0 Å². The van der Waals surface area contributed by atoms with Gasteiger partial charge in [-0.25, -0.2) is 0 Å². The van der Waals surface area contributed by atoms with E-state index in [9.17, 15) is 50.6 Å². The van der Waals surface area contributed by atoms with Crippen molar-refractivity contribution < 1.29 is 73.0 Å². The molecule has 22 heteroatoms. The molecule has 0 spiro atoms. The zero-order valence-electron chi connectivity index (χ0n) is 8.45. The predicted octanol–water partition coefficient (Wildman–Crippen LogP) is 6.42. The third kappa shape index (κ3) is 2570. The summed E-state index contributed by atoms with van der Waals surface area (Å²) in [6.07, 6.45) is 0. The second-order valence-corrected chi connectivity index (χ2v) is 19.3. The van der Waals surface area contributed by atoms with Crippen molar-refractivity contribution in [3.05, 3.63) is 0 Å². The van der Waals surface area contributed by atoms with Crippen molar-refractivity contribution in [2.24, 2.45) is 0 Å². The average molecular weight is 815 g/mol. The average Bonchev–Trinajstić information content (AvgIpc) is 1.19. The van der Waals surface area contributed by atoms with Gasteiger partial charge in [-0.2, -0.15) is 0 Å². The first-order chi connectivity index (χ1) is 7.35. The molecule has 0 aromatic rings. The molecule has 0 radical (unpaired) electrons. The Morgan fingerprint density at radius 1 is 0.227 bits per heavy atom. The van der Waals surface area contributed by atoms with E-state index in [0.717, 1.165) is 0 Å². The summed E-state index contributed by atoms with van der Waals surface area (Å²) in [6.45, 7) is 0. The Balaban J connectivity index is -0.000000108. The summed E-state index contributed by atoms with van der Waals surface area (Å²) in [5.41, 5.74) is 0. The summed E-state index contributed by atoms with van der Waals surface area (Å²) in [6, 6.07) is 0. The van der Waals surface area contributed by atoms with Gasteiger partial charge in [0.2, 0.25) is 0 Å². The summed E-state index contributed by atoms with van der Waals surface area (Å²) < 4.78 is 179. The van der Waals surface area contributed by atoms with Crippen LogP contribution in [-0.2, 0) is 22.4 Å². The first kappa shape index (κ1) is 31.7. The van der Waals surface area contributed by atoms with Gasteiger partial charge in [-0.15, -0.1) is 0 Å². The van der Waals surface area contributed by atoms with Crippen molar-refractivity contribution in [3.63, 3.8) is 0 Å². The number of hydrogen-bond acceptors (Lipinski definition) is 0. The molecule has 0 aromatic carbocycles. The molecule has 0 aromatic heterocycles. The molecule has 152 valence electrons. The van der Waals surface area contributed by atoms with E-state index in [1.54, 1.807) is 0 Å². The van der Waals surface area contributed by atoms with Gasteiger partial charge in [0.15, 0.2) is 0 Å². The molecule has 0 saturated heterocycles. The van der Waals surface area contributed by atoms with Crippen molar-refractivity contribution >= 4 is 58.4 Å². The quantitative estimate of drug-likeness (QED) is 0.196. The fraction of sp³-hybridized carbons (Fsp3) is 0. The van der Waals surface area contributed by atoms with Crippen LogP contribution in [0.4, 0.5) is 50.6 Å². The first-order valence-corrected chi connectivity index (χ1v) is 20.4. The van der Waals surface area contributed by atoms with Crippen LogP contribution in [0, 0.1) is 0 Å². The SMILES string of the molecule is [Ag+3].[F][Sb-]([F])([F])([F])([F])[F].[F][Sb-]([F])([F])([F])([F])[F].[F][Sb-]([F])([F])([F])([F])[F]. The topological polar surface area (TPSA) is 0 Å². The summed E-state index contributed by atoms with van der Waals surface area (Å²) in [5, 5.41) is 0. The molecular formula is AgF18Sb3. The molecule has 0 atom stereocenters. The van der Waals surface area contributed by atoms with E-state index < -0.39 is 58.4 Å². The van der Waals surface area contributed by atoms with E-state index in [0.29, 0.717) is 0 Å². The molecule has 0 rings (SSSR count). The van der Waals surface area contributed by atoms with E-state index in [2.05, 4.69) is 0 Å². The Bertz CT molecular complexity index is 265. The van der Waals surface area contributed by atoms with Crippen molar-refractivity contribution in [1.82, 2.24) is 0 Å². The standard InChI is InChI=1S/Ag.18FH.3Sb/h;18*1H;;;/q+3;;;;;;;;;;;;;;;;;;;3*+5/p-18. The van der Waals surface area contributed by atoms with Crippen LogP contribution in [0.25, 0.3) is 0 Å². The molecule has 0 bridgehead atoms. The molecular weight excluding hydrogens is 815 g/mol. The molecule has 0 aliphatic heterocycles. The van der Waals surface area contributed by atoms with E-state index >= 15 is 0 Å². The van der Waals surface area contributed by atoms with Gasteiger partial charge >= 0.3 is 131 Å². The van der Waals surface area contributed by atoms with Crippen LogP contribution in [-0.4, -0.2) is 58.4 Å². The zero-order chi connectivity index (χ0) is 19.2.